The second-order valence-electron chi connectivity index (χ2n) is 10.4. The molecule has 7 heteroatoms. The number of thiocarbonyl (C=S) groups is 1. The van der Waals surface area contributed by atoms with Gasteiger partial charge in [-0.05, 0) is 99.9 Å². The minimum absolute atomic E-state index is 0.0309. The Morgan fingerprint density at radius 1 is 0.974 bits per heavy atom. The molecule has 1 fully saturated rings. The molecule has 0 radical (unpaired) electrons. The van der Waals surface area contributed by atoms with Crippen LogP contribution in [0.15, 0.2) is 72.9 Å². The van der Waals surface area contributed by atoms with Crippen LogP contribution < -0.4 is 10.6 Å². The Morgan fingerprint density at radius 2 is 1.72 bits per heavy atom. The Bertz CT molecular complexity index is 1510. The van der Waals surface area contributed by atoms with E-state index in [0.29, 0.717) is 18.1 Å². The average molecular weight is 538 g/mol. The number of nitrogens with one attached hydrogen (secondary N) is 2. The summed E-state index contributed by atoms with van der Waals surface area (Å²) in [5.74, 6) is -0.0309. The van der Waals surface area contributed by atoms with Crippen molar-refractivity contribution in [2.24, 2.45) is 0 Å². The highest BCUT2D eigenvalue weighted by Crippen LogP contribution is 2.41. The maximum Gasteiger partial charge on any atom is 0.226 e. The van der Waals surface area contributed by atoms with Gasteiger partial charge in [-0.2, -0.15) is 0 Å². The SMILES string of the molecule is Cc1ccc(-n2c(C)cc([C@H]3[C@@H](c4ccccn4)NC(=S)N3CCC(=O)Nc3cc(C)ccc3C)c2C)cc1. The molecule has 0 saturated carbocycles. The molecule has 0 bridgehead atoms. The predicted octanol–water partition coefficient (Wildman–Crippen LogP) is 6.42. The number of hydrogen-bond acceptors (Lipinski definition) is 3. The molecule has 1 aliphatic heterocycles. The quantitative estimate of drug-likeness (QED) is 0.267. The summed E-state index contributed by atoms with van der Waals surface area (Å²) in [6.07, 6.45) is 2.13. The average Bonchev–Trinajstić information content (AvgIpc) is 3.40. The summed E-state index contributed by atoms with van der Waals surface area (Å²) in [7, 11) is 0. The molecule has 0 spiro atoms. The van der Waals surface area contributed by atoms with E-state index < -0.39 is 0 Å². The topological polar surface area (TPSA) is 62.2 Å². The van der Waals surface area contributed by atoms with Crippen LogP contribution >= 0.6 is 12.2 Å². The number of carbonyl (C=O) groups is 1. The standard InChI is InChI=1S/C32H35N5OS/c1-20-10-13-25(14-11-20)37-23(4)19-26(24(37)5)31-30(27-8-6-7-16-33-27)35-32(39)36(31)17-15-29(38)34-28-18-21(2)9-12-22(28)3/h6-14,16,18-19,30-31H,15,17H2,1-5H3,(H,34,38)(H,35,39)/t30-,31+/m1/s1. The summed E-state index contributed by atoms with van der Waals surface area (Å²) in [6.45, 7) is 10.9. The van der Waals surface area contributed by atoms with Crippen LogP contribution in [0.5, 0.6) is 0 Å². The minimum Gasteiger partial charge on any atom is -0.352 e. The summed E-state index contributed by atoms with van der Waals surface area (Å²) in [5, 5.41) is 7.24. The molecule has 0 unspecified atom stereocenters. The monoisotopic (exact) mass is 537 g/mol. The number of rotatable bonds is 7. The molecule has 1 amide bonds. The number of aromatic nitrogens is 2. The maximum atomic E-state index is 13.1. The molecule has 4 aromatic rings. The van der Waals surface area contributed by atoms with Crippen molar-refractivity contribution in [1.82, 2.24) is 19.8 Å². The lowest BCUT2D eigenvalue weighted by atomic mass is 9.96. The zero-order chi connectivity index (χ0) is 27.7. The molecule has 0 aliphatic carbocycles. The molecular weight excluding hydrogens is 502 g/mol. The van der Waals surface area contributed by atoms with Crippen LogP contribution in [0.1, 0.15) is 57.8 Å². The van der Waals surface area contributed by atoms with Crippen LogP contribution in [0, 0.1) is 34.6 Å². The first-order valence-electron chi connectivity index (χ1n) is 13.3. The van der Waals surface area contributed by atoms with Crippen LogP contribution in [0.4, 0.5) is 5.69 Å². The van der Waals surface area contributed by atoms with Crippen LogP contribution in [0.2, 0.25) is 0 Å². The van der Waals surface area contributed by atoms with Gasteiger partial charge in [0, 0.05) is 41.9 Å². The van der Waals surface area contributed by atoms with E-state index >= 15 is 0 Å². The van der Waals surface area contributed by atoms with E-state index in [1.807, 2.05) is 50.4 Å². The van der Waals surface area contributed by atoms with Crippen molar-refractivity contribution in [2.45, 2.75) is 53.1 Å². The first-order chi connectivity index (χ1) is 18.7. The number of nitrogens with zero attached hydrogens (tertiary/aromatic N) is 3. The van der Waals surface area contributed by atoms with Crippen molar-refractivity contribution in [3.63, 3.8) is 0 Å². The van der Waals surface area contributed by atoms with Gasteiger partial charge in [0.25, 0.3) is 0 Å². The van der Waals surface area contributed by atoms with Gasteiger partial charge in [-0.25, -0.2) is 0 Å². The third-order valence-electron chi connectivity index (χ3n) is 7.53. The maximum absolute atomic E-state index is 13.1. The third-order valence-corrected chi connectivity index (χ3v) is 7.88. The number of benzene rings is 2. The fraction of sp³-hybridized carbons (Fsp3) is 0.281. The normalized spacial score (nSPS) is 16.8. The highest BCUT2D eigenvalue weighted by Gasteiger charge is 2.41. The van der Waals surface area contributed by atoms with Gasteiger partial charge in [0.05, 0.1) is 17.8 Å². The van der Waals surface area contributed by atoms with Crippen LogP contribution in [-0.2, 0) is 4.79 Å². The van der Waals surface area contributed by atoms with Gasteiger partial charge < -0.3 is 20.1 Å². The summed E-state index contributed by atoms with van der Waals surface area (Å²) < 4.78 is 2.29. The van der Waals surface area contributed by atoms with E-state index in [1.165, 1.54) is 11.1 Å². The zero-order valence-corrected chi connectivity index (χ0v) is 24.0. The fourth-order valence-corrected chi connectivity index (χ4v) is 5.80. The number of amides is 1. The van der Waals surface area contributed by atoms with Gasteiger partial charge in [-0.1, -0.05) is 35.9 Å². The van der Waals surface area contributed by atoms with Gasteiger partial charge in [-0.3, -0.25) is 9.78 Å². The van der Waals surface area contributed by atoms with Crippen molar-refractivity contribution in [3.8, 4) is 5.69 Å². The lowest BCUT2D eigenvalue weighted by molar-refractivity contribution is -0.116. The number of carbonyl (C=O) groups excluding carboxylic acids is 1. The molecule has 3 heterocycles. The van der Waals surface area contributed by atoms with Gasteiger partial charge >= 0.3 is 0 Å². The Morgan fingerprint density at radius 3 is 2.44 bits per heavy atom. The summed E-state index contributed by atoms with van der Waals surface area (Å²) in [6, 6.07) is 22.6. The molecular formula is C32H35N5OS. The van der Waals surface area contributed by atoms with E-state index in [1.54, 1.807) is 0 Å². The second kappa shape index (κ2) is 11.0. The van der Waals surface area contributed by atoms with Gasteiger partial charge in [0.15, 0.2) is 5.11 Å². The predicted molar refractivity (Wildman–Crippen MR) is 161 cm³/mol. The third kappa shape index (κ3) is 5.45. The lowest BCUT2D eigenvalue weighted by Gasteiger charge is -2.28. The molecule has 2 aromatic carbocycles. The lowest BCUT2D eigenvalue weighted by Crippen LogP contribution is -2.33. The Hall–Kier alpha value is -3.97. The first-order valence-corrected chi connectivity index (χ1v) is 13.7. The summed E-state index contributed by atoms with van der Waals surface area (Å²) in [4.78, 5) is 19.9. The molecule has 6 nitrogen and oxygen atoms in total. The number of hydrogen-bond donors (Lipinski definition) is 2. The Labute approximate surface area is 236 Å². The number of pyridine rings is 1. The van der Waals surface area contributed by atoms with Gasteiger partial charge in [0.2, 0.25) is 5.91 Å². The van der Waals surface area contributed by atoms with E-state index in [0.717, 1.165) is 39.6 Å². The molecule has 39 heavy (non-hydrogen) atoms. The fourth-order valence-electron chi connectivity index (χ4n) is 5.47. The summed E-state index contributed by atoms with van der Waals surface area (Å²) >= 11 is 5.85. The molecule has 2 N–H and O–H groups in total. The Kier molecular flexibility index (Phi) is 7.53. The van der Waals surface area contributed by atoms with Crippen molar-refractivity contribution >= 4 is 28.9 Å². The Balaban J connectivity index is 1.46. The van der Waals surface area contributed by atoms with Crippen molar-refractivity contribution < 1.29 is 4.79 Å². The molecule has 5 rings (SSSR count). The molecule has 2 aromatic heterocycles. The highest BCUT2D eigenvalue weighted by molar-refractivity contribution is 7.80. The first kappa shape index (κ1) is 26.6. The molecule has 1 aliphatic rings. The summed E-state index contributed by atoms with van der Waals surface area (Å²) in [5.41, 5.74) is 9.77. The minimum atomic E-state index is -0.132. The van der Waals surface area contributed by atoms with Gasteiger partial charge in [-0.15, -0.1) is 0 Å². The van der Waals surface area contributed by atoms with Crippen LogP contribution in [0.3, 0.4) is 0 Å². The smallest absolute Gasteiger partial charge is 0.226 e. The number of anilines is 1. The second-order valence-corrected chi connectivity index (χ2v) is 10.8. The molecule has 2 atom stereocenters. The van der Waals surface area contributed by atoms with Crippen molar-refractivity contribution in [2.75, 3.05) is 11.9 Å². The van der Waals surface area contributed by atoms with E-state index in [-0.39, 0.29) is 18.0 Å². The van der Waals surface area contributed by atoms with Crippen LogP contribution in [0.25, 0.3) is 5.69 Å². The van der Waals surface area contributed by atoms with E-state index in [2.05, 4.69) is 82.3 Å². The van der Waals surface area contributed by atoms with E-state index in [4.69, 9.17) is 12.2 Å². The molecule has 200 valence electrons. The van der Waals surface area contributed by atoms with Crippen molar-refractivity contribution in [1.29, 1.82) is 0 Å². The van der Waals surface area contributed by atoms with Gasteiger partial charge in [0.1, 0.15) is 0 Å². The number of aryl methyl sites for hydroxylation is 4. The van der Waals surface area contributed by atoms with E-state index in [9.17, 15) is 4.79 Å². The van der Waals surface area contributed by atoms with Crippen LogP contribution in [-0.4, -0.2) is 32.0 Å². The largest absolute Gasteiger partial charge is 0.352 e. The van der Waals surface area contributed by atoms with Crippen molar-refractivity contribution in [3.05, 3.63) is 112 Å². The zero-order valence-electron chi connectivity index (χ0n) is 23.2. The molecule has 1 saturated heterocycles. The highest BCUT2D eigenvalue weighted by atomic mass is 32.1.